The van der Waals surface area contributed by atoms with Crippen LogP contribution in [0.5, 0.6) is 0 Å². The molecule has 0 aromatic heterocycles. The summed E-state index contributed by atoms with van der Waals surface area (Å²) in [5.74, 6) is 0. The van der Waals surface area contributed by atoms with Gasteiger partial charge >= 0.3 is 0 Å². The molecule has 0 fully saturated rings. The van der Waals surface area contributed by atoms with Gasteiger partial charge in [-0.25, -0.2) is 0 Å². The summed E-state index contributed by atoms with van der Waals surface area (Å²) in [6.07, 6.45) is 0. The van der Waals surface area contributed by atoms with Gasteiger partial charge in [0.15, 0.2) is 0 Å². The van der Waals surface area contributed by atoms with Crippen molar-refractivity contribution in [1.82, 2.24) is 0 Å². The van der Waals surface area contributed by atoms with Crippen LogP contribution in [0.4, 0.5) is 5.69 Å². The number of anilines is 1. The van der Waals surface area contributed by atoms with Crippen molar-refractivity contribution in [3.05, 3.63) is 27.7 Å². The van der Waals surface area contributed by atoms with Crippen molar-refractivity contribution >= 4 is 33.2 Å². The molecule has 0 amide bonds. The third-order valence-electron chi connectivity index (χ3n) is 1.74. The van der Waals surface area contributed by atoms with E-state index in [1.165, 1.54) is 0 Å². The van der Waals surface area contributed by atoms with Crippen molar-refractivity contribution in [2.75, 3.05) is 11.9 Å². The maximum atomic E-state index is 6.04. The van der Waals surface area contributed by atoms with E-state index in [0.717, 1.165) is 21.7 Å². The van der Waals surface area contributed by atoms with Crippen molar-refractivity contribution in [2.45, 2.75) is 20.8 Å². The monoisotopic (exact) mass is 275 g/mol. The van der Waals surface area contributed by atoms with Gasteiger partial charge in [-0.2, -0.15) is 0 Å². The molecule has 1 rings (SSSR count). The SMILES string of the molecule is CC(C)(C)CNc1cc(Br)ccc1Cl. The summed E-state index contributed by atoms with van der Waals surface area (Å²) in [6, 6.07) is 5.81. The van der Waals surface area contributed by atoms with E-state index >= 15 is 0 Å². The highest BCUT2D eigenvalue weighted by Gasteiger charge is 2.10. The van der Waals surface area contributed by atoms with E-state index in [2.05, 4.69) is 42.0 Å². The molecule has 0 aliphatic carbocycles. The van der Waals surface area contributed by atoms with Crippen LogP contribution in [0.3, 0.4) is 0 Å². The Morgan fingerprint density at radius 2 is 2.00 bits per heavy atom. The summed E-state index contributed by atoms with van der Waals surface area (Å²) in [6.45, 7) is 7.47. The normalized spacial score (nSPS) is 11.5. The van der Waals surface area contributed by atoms with Crippen molar-refractivity contribution in [3.63, 3.8) is 0 Å². The minimum absolute atomic E-state index is 0.256. The van der Waals surface area contributed by atoms with E-state index in [0.29, 0.717) is 0 Å². The number of hydrogen-bond donors (Lipinski definition) is 1. The molecule has 3 heteroatoms. The van der Waals surface area contributed by atoms with Crippen molar-refractivity contribution < 1.29 is 0 Å². The van der Waals surface area contributed by atoms with Crippen LogP contribution in [0.25, 0.3) is 0 Å². The topological polar surface area (TPSA) is 12.0 Å². The Labute approximate surface area is 99.0 Å². The minimum atomic E-state index is 0.256. The molecule has 1 N–H and O–H groups in total. The molecule has 0 aliphatic heterocycles. The third kappa shape index (κ3) is 3.89. The van der Waals surface area contributed by atoms with Gasteiger partial charge in [0.2, 0.25) is 0 Å². The highest BCUT2D eigenvalue weighted by Crippen LogP contribution is 2.26. The number of halogens is 2. The van der Waals surface area contributed by atoms with Crippen LogP contribution in [0, 0.1) is 5.41 Å². The predicted molar refractivity (Wildman–Crippen MR) is 67.1 cm³/mol. The lowest BCUT2D eigenvalue weighted by Crippen LogP contribution is -2.19. The molecular weight excluding hydrogens is 261 g/mol. The molecule has 0 radical (unpaired) electrons. The largest absolute Gasteiger partial charge is 0.383 e. The summed E-state index contributed by atoms with van der Waals surface area (Å²) in [7, 11) is 0. The van der Waals surface area contributed by atoms with Crippen LogP contribution >= 0.6 is 27.5 Å². The van der Waals surface area contributed by atoms with Crippen LogP contribution in [0.15, 0.2) is 22.7 Å². The van der Waals surface area contributed by atoms with Gasteiger partial charge in [-0.05, 0) is 23.6 Å². The lowest BCUT2D eigenvalue weighted by Gasteiger charge is -2.20. The van der Waals surface area contributed by atoms with Gasteiger partial charge < -0.3 is 5.32 Å². The van der Waals surface area contributed by atoms with E-state index in [4.69, 9.17) is 11.6 Å². The van der Waals surface area contributed by atoms with Crippen LogP contribution in [-0.2, 0) is 0 Å². The van der Waals surface area contributed by atoms with Crippen molar-refractivity contribution in [2.24, 2.45) is 5.41 Å². The Kier molecular flexibility index (Phi) is 3.85. The van der Waals surface area contributed by atoms with E-state index in [9.17, 15) is 0 Å². The Balaban J connectivity index is 2.72. The van der Waals surface area contributed by atoms with E-state index < -0.39 is 0 Å². The quantitative estimate of drug-likeness (QED) is 0.835. The third-order valence-corrected chi connectivity index (χ3v) is 2.56. The second kappa shape index (κ2) is 4.54. The van der Waals surface area contributed by atoms with E-state index in [1.807, 2.05) is 18.2 Å². The van der Waals surface area contributed by atoms with Gasteiger partial charge in [0.1, 0.15) is 0 Å². The Morgan fingerprint density at radius 1 is 1.36 bits per heavy atom. The van der Waals surface area contributed by atoms with Crippen LogP contribution in [-0.4, -0.2) is 6.54 Å². The Bertz CT molecular complexity index is 318. The summed E-state index contributed by atoms with van der Waals surface area (Å²) >= 11 is 9.46. The molecular formula is C11H15BrClN. The van der Waals surface area contributed by atoms with E-state index in [-0.39, 0.29) is 5.41 Å². The molecule has 78 valence electrons. The minimum Gasteiger partial charge on any atom is -0.383 e. The van der Waals surface area contributed by atoms with Crippen molar-refractivity contribution in [1.29, 1.82) is 0 Å². The summed E-state index contributed by atoms with van der Waals surface area (Å²) < 4.78 is 1.04. The van der Waals surface area contributed by atoms with Gasteiger partial charge in [-0.1, -0.05) is 48.3 Å². The predicted octanol–water partition coefficient (Wildman–Crippen LogP) is 4.56. The molecule has 0 atom stereocenters. The molecule has 0 saturated heterocycles. The van der Waals surface area contributed by atoms with Gasteiger partial charge in [-0.3, -0.25) is 0 Å². The second-order valence-electron chi connectivity index (χ2n) is 4.54. The summed E-state index contributed by atoms with van der Waals surface area (Å²) in [5.41, 5.74) is 1.24. The first-order chi connectivity index (χ1) is 6.38. The lowest BCUT2D eigenvalue weighted by atomic mass is 9.97. The highest BCUT2D eigenvalue weighted by atomic mass is 79.9. The molecule has 0 aliphatic rings. The van der Waals surface area contributed by atoms with Crippen LogP contribution in [0.2, 0.25) is 5.02 Å². The van der Waals surface area contributed by atoms with Gasteiger partial charge in [-0.15, -0.1) is 0 Å². The molecule has 1 aromatic carbocycles. The molecule has 0 unspecified atom stereocenters. The smallest absolute Gasteiger partial charge is 0.0638 e. The summed E-state index contributed by atoms with van der Waals surface area (Å²) in [4.78, 5) is 0. The van der Waals surface area contributed by atoms with Gasteiger partial charge in [0.25, 0.3) is 0 Å². The lowest BCUT2D eigenvalue weighted by molar-refractivity contribution is 0.443. The maximum Gasteiger partial charge on any atom is 0.0638 e. The average molecular weight is 277 g/mol. The zero-order chi connectivity index (χ0) is 10.8. The first kappa shape index (κ1) is 11.9. The molecule has 1 aromatic rings. The first-order valence-electron chi connectivity index (χ1n) is 4.57. The van der Waals surface area contributed by atoms with Crippen molar-refractivity contribution in [3.8, 4) is 0 Å². The Morgan fingerprint density at radius 3 is 2.57 bits per heavy atom. The standard InChI is InChI=1S/C11H15BrClN/c1-11(2,3)7-14-10-6-8(12)4-5-9(10)13/h4-6,14H,7H2,1-3H3. The highest BCUT2D eigenvalue weighted by molar-refractivity contribution is 9.10. The Hall–Kier alpha value is -0.210. The van der Waals surface area contributed by atoms with Gasteiger partial charge in [0, 0.05) is 11.0 Å². The summed E-state index contributed by atoms with van der Waals surface area (Å²) in [5, 5.41) is 4.09. The molecule has 1 nitrogen and oxygen atoms in total. The number of nitrogens with one attached hydrogen (secondary N) is 1. The molecule has 0 spiro atoms. The zero-order valence-electron chi connectivity index (χ0n) is 8.70. The van der Waals surface area contributed by atoms with Crippen LogP contribution < -0.4 is 5.32 Å². The first-order valence-corrected chi connectivity index (χ1v) is 5.74. The van der Waals surface area contributed by atoms with Gasteiger partial charge in [0.05, 0.1) is 10.7 Å². The van der Waals surface area contributed by atoms with E-state index in [1.54, 1.807) is 0 Å². The molecule has 0 saturated carbocycles. The zero-order valence-corrected chi connectivity index (χ0v) is 11.0. The number of benzene rings is 1. The molecule has 14 heavy (non-hydrogen) atoms. The maximum absolute atomic E-state index is 6.04. The van der Waals surface area contributed by atoms with Crippen LogP contribution in [0.1, 0.15) is 20.8 Å². The second-order valence-corrected chi connectivity index (χ2v) is 5.86. The fraction of sp³-hybridized carbons (Fsp3) is 0.455. The average Bonchev–Trinajstić information content (AvgIpc) is 2.05. The number of rotatable bonds is 2. The number of hydrogen-bond acceptors (Lipinski definition) is 1. The molecule has 0 heterocycles. The fourth-order valence-corrected chi connectivity index (χ4v) is 1.54. The fourth-order valence-electron chi connectivity index (χ4n) is 0.993. The molecule has 0 bridgehead atoms.